The molecule has 2 aromatic rings. The Morgan fingerprint density at radius 2 is 2.16 bits per heavy atom. The summed E-state index contributed by atoms with van der Waals surface area (Å²) in [7, 11) is 0. The topological polar surface area (TPSA) is 81.9 Å². The number of carbonyl (C=O) groups is 1. The summed E-state index contributed by atoms with van der Waals surface area (Å²) >= 11 is 0. The second kappa shape index (κ2) is 7.31. The fourth-order valence-corrected chi connectivity index (χ4v) is 3.10. The van der Waals surface area contributed by atoms with Crippen LogP contribution in [0.4, 0.5) is 11.5 Å². The lowest BCUT2D eigenvalue weighted by atomic mass is 10.00. The Hall–Kier alpha value is -2.94. The van der Waals surface area contributed by atoms with Gasteiger partial charge in [0.2, 0.25) is 0 Å². The Bertz CT molecular complexity index is 827. The first-order chi connectivity index (χ1) is 12.1. The van der Waals surface area contributed by atoms with Crippen LogP contribution in [0.3, 0.4) is 0 Å². The lowest BCUT2D eigenvalue weighted by Gasteiger charge is -2.30. The fourth-order valence-electron chi connectivity index (χ4n) is 3.10. The molecule has 2 heterocycles. The molecular weight excluding hydrogens is 314 g/mol. The molecule has 1 N–H and O–H groups in total. The van der Waals surface area contributed by atoms with Gasteiger partial charge in [-0.2, -0.15) is 5.26 Å². The standard InChI is InChI=1S/C19H21N5O/c1-13-6-5-9-24(12-13)19(25)17-10-18(22-14(2)21-17)23-16-8-4-3-7-15(16)11-20/h3-4,7-8,10,13H,5-6,9,12H2,1-2H3,(H,21,22,23). The average molecular weight is 335 g/mol. The number of benzene rings is 1. The molecule has 6 nitrogen and oxygen atoms in total. The van der Waals surface area contributed by atoms with Crippen LogP contribution >= 0.6 is 0 Å². The van der Waals surface area contributed by atoms with Crippen LogP contribution in [0.5, 0.6) is 0 Å². The molecule has 1 aromatic heterocycles. The molecule has 0 spiro atoms. The number of hydrogen-bond acceptors (Lipinski definition) is 5. The van der Waals surface area contributed by atoms with E-state index in [1.165, 1.54) is 0 Å². The number of para-hydroxylation sites is 1. The molecule has 0 radical (unpaired) electrons. The highest BCUT2D eigenvalue weighted by molar-refractivity contribution is 5.93. The van der Waals surface area contributed by atoms with Crippen molar-refractivity contribution in [3.05, 3.63) is 47.4 Å². The maximum absolute atomic E-state index is 12.8. The maximum Gasteiger partial charge on any atom is 0.272 e. The van der Waals surface area contributed by atoms with Crippen molar-refractivity contribution in [1.82, 2.24) is 14.9 Å². The molecule has 6 heteroatoms. The first-order valence-electron chi connectivity index (χ1n) is 8.48. The Kier molecular flexibility index (Phi) is 4.94. The monoisotopic (exact) mass is 335 g/mol. The van der Waals surface area contributed by atoms with Gasteiger partial charge in [-0.15, -0.1) is 0 Å². The number of piperidine rings is 1. The van der Waals surface area contributed by atoms with Gasteiger partial charge in [0, 0.05) is 19.2 Å². The number of likely N-dealkylation sites (tertiary alicyclic amines) is 1. The van der Waals surface area contributed by atoms with E-state index in [0.717, 1.165) is 25.9 Å². The number of carbonyl (C=O) groups excluding carboxylic acids is 1. The highest BCUT2D eigenvalue weighted by Crippen LogP contribution is 2.21. The molecule has 1 aliphatic rings. The first kappa shape index (κ1) is 16.9. The van der Waals surface area contributed by atoms with Gasteiger partial charge in [0.1, 0.15) is 23.4 Å². The summed E-state index contributed by atoms with van der Waals surface area (Å²) in [5, 5.41) is 12.3. The average Bonchev–Trinajstić information content (AvgIpc) is 2.61. The highest BCUT2D eigenvalue weighted by Gasteiger charge is 2.23. The van der Waals surface area contributed by atoms with Crippen molar-refractivity contribution in [3.63, 3.8) is 0 Å². The van der Waals surface area contributed by atoms with Gasteiger partial charge in [0.15, 0.2) is 0 Å². The predicted octanol–water partition coefficient (Wildman–Crippen LogP) is 3.27. The minimum absolute atomic E-state index is 0.0614. The van der Waals surface area contributed by atoms with E-state index in [9.17, 15) is 10.1 Å². The van der Waals surface area contributed by atoms with Crippen LogP contribution in [-0.4, -0.2) is 33.9 Å². The van der Waals surface area contributed by atoms with Crippen molar-refractivity contribution >= 4 is 17.4 Å². The highest BCUT2D eigenvalue weighted by atomic mass is 16.2. The molecule has 1 saturated heterocycles. The van der Waals surface area contributed by atoms with Gasteiger partial charge in [-0.25, -0.2) is 9.97 Å². The maximum atomic E-state index is 12.8. The van der Waals surface area contributed by atoms with Crippen molar-refractivity contribution in [2.75, 3.05) is 18.4 Å². The predicted molar refractivity (Wildman–Crippen MR) is 95.5 cm³/mol. The van der Waals surface area contributed by atoms with Crippen LogP contribution < -0.4 is 5.32 Å². The zero-order valence-corrected chi connectivity index (χ0v) is 14.5. The number of hydrogen-bond donors (Lipinski definition) is 1. The molecule has 1 unspecified atom stereocenters. The number of amides is 1. The fraction of sp³-hybridized carbons (Fsp3) is 0.368. The van der Waals surface area contributed by atoms with Crippen LogP contribution in [-0.2, 0) is 0 Å². The number of aromatic nitrogens is 2. The van der Waals surface area contributed by atoms with E-state index < -0.39 is 0 Å². The number of nitriles is 1. The van der Waals surface area contributed by atoms with Crippen LogP contribution in [0.25, 0.3) is 0 Å². The second-order valence-corrected chi connectivity index (χ2v) is 6.47. The molecule has 1 aliphatic heterocycles. The quantitative estimate of drug-likeness (QED) is 0.931. The second-order valence-electron chi connectivity index (χ2n) is 6.47. The third kappa shape index (κ3) is 3.94. The van der Waals surface area contributed by atoms with Gasteiger partial charge >= 0.3 is 0 Å². The van der Waals surface area contributed by atoms with E-state index in [1.54, 1.807) is 25.1 Å². The smallest absolute Gasteiger partial charge is 0.272 e. The third-order valence-corrected chi connectivity index (χ3v) is 4.31. The molecule has 0 bridgehead atoms. The van der Waals surface area contributed by atoms with Crippen molar-refractivity contribution in [2.45, 2.75) is 26.7 Å². The summed E-state index contributed by atoms with van der Waals surface area (Å²) < 4.78 is 0. The van der Waals surface area contributed by atoms with E-state index in [4.69, 9.17) is 0 Å². The Balaban J connectivity index is 1.85. The molecule has 3 rings (SSSR count). The Morgan fingerprint density at radius 1 is 1.36 bits per heavy atom. The van der Waals surface area contributed by atoms with Gasteiger partial charge in [-0.1, -0.05) is 19.1 Å². The van der Waals surface area contributed by atoms with E-state index in [2.05, 4.69) is 28.3 Å². The summed E-state index contributed by atoms with van der Waals surface area (Å²) in [5.41, 5.74) is 1.57. The molecule has 1 atom stereocenters. The summed E-state index contributed by atoms with van der Waals surface area (Å²) in [5.74, 6) is 1.49. The molecule has 25 heavy (non-hydrogen) atoms. The van der Waals surface area contributed by atoms with E-state index in [0.29, 0.717) is 34.5 Å². The first-order valence-corrected chi connectivity index (χ1v) is 8.48. The lowest BCUT2D eigenvalue weighted by molar-refractivity contribution is 0.0676. The van der Waals surface area contributed by atoms with Crippen molar-refractivity contribution in [3.8, 4) is 6.07 Å². The van der Waals surface area contributed by atoms with E-state index in [1.807, 2.05) is 17.0 Å². The zero-order chi connectivity index (χ0) is 17.8. The number of anilines is 2. The van der Waals surface area contributed by atoms with Gasteiger partial charge in [0.05, 0.1) is 11.3 Å². The largest absolute Gasteiger partial charge is 0.339 e. The summed E-state index contributed by atoms with van der Waals surface area (Å²) in [4.78, 5) is 23.3. The number of rotatable bonds is 3. The molecular formula is C19H21N5O. The minimum Gasteiger partial charge on any atom is -0.339 e. The molecule has 1 aromatic carbocycles. The van der Waals surface area contributed by atoms with Gasteiger partial charge < -0.3 is 10.2 Å². The van der Waals surface area contributed by atoms with Crippen LogP contribution in [0.15, 0.2) is 30.3 Å². The number of aryl methyl sites for hydroxylation is 1. The van der Waals surface area contributed by atoms with Gasteiger partial charge in [-0.05, 0) is 37.8 Å². The Labute approximate surface area is 147 Å². The molecule has 128 valence electrons. The number of nitrogens with one attached hydrogen (secondary N) is 1. The minimum atomic E-state index is -0.0614. The number of nitrogens with zero attached hydrogens (tertiary/aromatic N) is 4. The third-order valence-electron chi connectivity index (χ3n) is 4.31. The normalized spacial score (nSPS) is 17.0. The van der Waals surface area contributed by atoms with Gasteiger partial charge in [0.25, 0.3) is 5.91 Å². The Morgan fingerprint density at radius 3 is 2.92 bits per heavy atom. The van der Waals surface area contributed by atoms with Crippen molar-refractivity contribution in [1.29, 1.82) is 5.26 Å². The molecule has 1 amide bonds. The van der Waals surface area contributed by atoms with Crippen LogP contribution in [0.2, 0.25) is 0 Å². The van der Waals surface area contributed by atoms with Crippen LogP contribution in [0.1, 0.15) is 41.6 Å². The van der Waals surface area contributed by atoms with Crippen molar-refractivity contribution in [2.24, 2.45) is 5.92 Å². The van der Waals surface area contributed by atoms with Crippen LogP contribution in [0, 0.1) is 24.2 Å². The van der Waals surface area contributed by atoms with E-state index >= 15 is 0 Å². The summed E-state index contributed by atoms with van der Waals surface area (Å²) in [6.45, 7) is 5.46. The molecule has 1 fully saturated rings. The van der Waals surface area contributed by atoms with E-state index in [-0.39, 0.29) is 5.91 Å². The summed E-state index contributed by atoms with van der Waals surface area (Å²) in [6.07, 6.45) is 2.18. The SMILES string of the molecule is Cc1nc(Nc2ccccc2C#N)cc(C(=O)N2CCCC(C)C2)n1. The molecule has 0 saturated carbocycles. The molecule has 0 aliphatic carbocycles. The zero-order valence-electron chi connectivity index (χ0n) is 14.5. The summed E-state index contributed by atoms with van der Waals surface area (Å²) in [6, 6.07) is 11.0. The lowest BCUT2D eigenvalue weighted by Crippen LogP contribution is -2.39. The van der Waals surface area contributed by atoms with Gasteiger partial charge in [-0.3, -0.25) is 4.79 Å². The van der Waals surface area contributed by atoms with Crippen molar-refractivity contribution < 1.29 is 4.79 Å².